The minimum Gasteiger partial charge on any atom is -0.322 e. The molecule has 1 atom stereocenters. The molecule has 0 aromatic heterocycles. The molecule has 0 saturated carbocycles. The minimum absolute atomic E-state index is 0.123. The van der Waals surface area contributed by atoms with Gasteiger partial charge < -0.3 is 5.32 Å². The van der Waals surface area contributed by atoms with Gasteiger partial charge in [-0.3, -0.25) is 9.00 Å². The van der Waals surface area contributed by atoms with Gasteiger partial charge in [-0.15, -0.1) is 0 Å². The molecule has 1 amide bonds. The van der Waals surface area contributed by atoms with Crippen LogP contribution >= 0.6 is 0 Å². The van der Waals surface area contributed by atoms with Crippen LogP contribution < -0.4 is 5.32 Å². The number of benzene rings is 2. The van der Waals surface area contributed by atoms with Crippen molar-refractivity contribution in [3.8, 4) is 0 Å². The maximum atomic E-state index is 12.4. The third-order valence-electron chi connectivity index (χ3n) is 3.92. The number of carbonyl (C=O) groups is 1. The fourth-order valence-corrected chi connectivity index (χ4v) is 3.54. The molecule has 0 heterocycles. The Morgan fingerprint density at radius 1 is 1.14 bits per heavy atom. The van der Waals surface area contributed by atoms with Crippen molar-refractivity contribution in [2.45, 2.75) is 25.0 Å². The summed E-state index contributed by atoms with van der Waals surface area (Å²) < 4.78 is 11.3. The lowest BCUT2D eigenvalue weighted by Gasteiger charge is -2.08. The highest BCUT2D eigenvalue weighted by molar-refractivity contribution is 7.83. The standard InChI is InChI=1S/C18H19NO2S/c1-22(21)12-13-4-2-7-16(10-13)18(20)19-17-9-8-14-5-3-6-15(14)11-17/h2,4,7-11H,3,5-6,12H2,1H3,(H,19,20). The van der Waals surface area contributed by atoms with E-state index in [9.17, 15) is 9.00 Å². The lowest BCUT2D eigenvalue weighted by atomic mass is 10.1. The Morgan fingerprint density at radius 2 is 1.95 bits per heavy atom. The van der Waals surface area contributed by atoms with Crippen LogP contribution in [0, 0.1) is 0 Å². The van der Waals surface area contributed by atoms with Gasteiger partial charge in [-0.05, 0) is 60.2 Å². The van der Waals surface area contributed by atoms with E-state index in [1.165, 1.54) is 17.5 Å². The van der Waals surface area contributed by atoms with Crippen LogP contribution in [0.1, 0.15) is 33.5 Å². The van der Waals surface area contributed by atoms with Crippen LogP contribution in [0.15, 0.2) is 42.5 Å². The van der Waals surface area contributed by atoms with Gasteiger partial charge in [0.05, 0.1) is 0 Å². The van der Waals surface area contributed by atoms with Crippen LogP contribution in [0.3, 0.4) is 0 Å². The highest BCUT2D eigenvalue weighted by atomic mass is 32.2. The number of aryl methyl sites for hydroxylation is 2. The normalized spacial score (nSPS) is 14.4. The van der Waals surface area contributed by atoms with Crippen molar-refractivity contribution in [1.29, 1.82) is 0 Å². The van der Waals surface area contributed by atoms with Gasteiger partial charge >= 0.3 is 0 Å². The molecule has 1 unspecified atom stereocenters. The molecule has 2 aromatic rings. The van der Waals surface area contributed by atoms with Crippen LogP contribution in [0.25, 0.3) is 0 Å². The zero-order valence-corrected chi connectivity index (χ0v) is 13.4. The smallest absolute Gasteiger partial charge is 0.255 e. The third kappa shape index (κ3) is 3.45. The zero-order chi connectivity index (χ0) is 15.5. The van der Waals surface area contributed by atoms with Crippen molar-refractivity contribution < 1.29 is 9.00 Å². The maximum absolute atomic E-state index is 12.4. The van der Waals surface area contributed by atoms with E-state index in [1.54, 1.807) is 12.3 Å². The largest absolute Gasteiger partial charge is 0.322 e. The first kappa shape index (κ1) is 15.0. The summed E-state index contributed by atoms with van der Waals surface area (Å²) in [4.78, 5) is 12.4. The summed E-state index contributed by atoms with van der Waals surface area (Å²) in [7, 11) is -0.908. The van der Waals surface area contributed by atoms with E-state index in [1.807, 2.05) is 24.3 Å². The van der Waals surface area contributed by atoms with Gasteiger partial charge in [-0.25, -0.2) is 0 Å². The number of carbonyl (C=O) groups excluding carboxylic acids is 1. The first-order valence-corrected chi connectivity index (χ1v) is 9.16. The fourth-order valence-electron chi connectivity index (χ4n) is 2.89. The molecule has 1 N–H and O–H groups in total. The van der Waals surface area contributed by atoms with E-state index >= 15 is 0 Å². The Balaban J connectivity index is 1.75. The number of nitrogens with one attached hydrogen (secondary N) is 1. The maximum Gasteiger partial charge on any atom is 0.255 e. The molecule has 0 radical (unpaired) electrons. The van der Waals surface area contributed by atoms with E-state index in [-0.39, 0.29) is 5.91 Å². The minimum atomic E-state index is -0.908. The zero-order valence-electron chi connectivity index (χ0n) is 12.6. The summed E-state index contributed by atoms with van der Waals surface area (Å²) in [6.45, 7) is 0. The Morgan fingerprint density at radius 3 is 2.77 bits per heavy atom. The molecule has 1 aliphatic rings. The molecule has 0 saturated heterocycles. The van der Waals surface area contributed by atoms with Crippen LogP contribution in [0.5, 0.6) is 0 Å². The van der Waals surface area contributed by atoms with Gasteiger partial charge in [0, 0.05) is 34.1 Å². The highest BCUT2D eigenvalue weighted by Crippen LogP contribution is 2.25. The van der Waals surface area contributed by atoms with Crippen LogP contribution in [-0.4, -0.2) is 16.4 Å². The molecule has 2 aromatic carbocycles. The molecule has 22 heavy (non-hydrogen) atoms. The average molecular weight is 313 g/mol. The first-order chi connectivity index (χ1) is 10.6. The molecule has 3 nitrogen and oxygen atoms in total. The van der Waals surface area contributed by atoms with Gasteiger partial charge in [0.1, 0.15) is 0 Å². The second-order valence-corrected chi connectivity index (χ2v) is 7.14. The molecule has 4 heteroatoms. The number of amides is 1. The molecular weight excluding hydrogens is 294 g/mol. The van der Waals surface area contributed by atoms with E-state index in [4.69, 9.17) is 0 Å². The lowest BCUT2D eigenvalue weighted by molar-refractivity contribution is 0.102. The van der Waals surface area contributed by atoms with E-state index in [2.05, 4.69) is 17.4 Å². The fraction of sp³-hybridized carbons (Fsp3) is 0.278. The predicted molar refractivity (Wildman–Crippen MR) is 90.6 cm³/mol. The Kier molecular flexibility index (Phi) is 4.39. The number of anilines is 1. The Hall–Kier alpha value is -1.94. The summed E-state index contributed by atoms with van der Waals surface area (Å²) in [5.74, 6) is 0.349. The van der Waals surface area contributed by atoms with Gasteiger partial charge in [0.15, 0.2) is 0 Å². The number of hydrogen-bond acceptors (Lipinski definition) is 2. The quantitative estimate of drug-likeness (QED) is 0.941. The van der Waals surface area contributed by atoms with Crippen LogP contribution in [-0.2, 0) is 29.4 Å². The number of fused-ring (bicyclic) bond motifs is 1. The first-order valence-electron chi connectivity index (χ1n) is 7.44. The topological polar surface area (TPSA) is 46.2 Å². The van der Waals surface area contributed by atoms with Gasteiger partial charge in [-0.1, -0.05) is 18.2 Å². The Labute approximate surface area is 133 Å². The van der Waals surface area contributed by atoms with Crippen molar-refractivity contribution >= 4 is 22.4 Å². The van der Waals surface area contributed by atoms with Crippen molar-refractivity contribution in [3.05, 3.63) is 64.7 Å². The van der Waals surface area contributed by atoms with Crippen LogP contribution in [0.2, 0.25) is 0 Å². The monoisotopic (exact) mass is 313 g/mol. The second-order valence-electron chi connectivity index (χ2n) is 5.71. The summed E-state index contributed by atoms with van der Waals surface area (Å²) in [5.41, 5.74) is 5.10. The van der Waals surface area contributed by atoms with Crippen molar-refractivity contribution in [2.75, 3.05) is 11.6 Å². The molecule has 114 valence electrons. The van der Waals surface area contributed by atoms with E-state index in [0.29, 0.717) is 11.3 Å². The SMILES string of the molecule is CS(=O)Cc1cccc(C(=O)Nc2ccc3c(c2)CCC3)c1. The molecule has 1 aliphatic carbocycles. The van der Waals surface area contributed by atoms with Crippen molar-refractivity contribution in [1.82, 2.24) is 0 Å². The molecule has 0 spiro atoms. The van der Waals surface area contributed by atoms with Gasteiger partial charge in [0.25, 0.3) is 5.91 Å². The van der Waals surface area contributed by atoms with Crippen molar-refractivity contribution in [2.24, 2.45) is 0 Å². The molecule has 3 rings (SSSR count). The summed E-state index contributed by atoms with van der Waals surface area (Å²) >= 11 is 0. The van der Waals surface area contributed by atoms with Crippen LogP contribution in [0.4, 0.5) is 5.69 Å². The second kappa shape index (κ2) is 6.44. The number of hydrogen-bond donors (Lipinski definition) is 1. The van der Waals surface area contributed by atoms with Crippen molar-refractivity contribution in [3.63, 3.8) is 0 Å². The molecule has 0 fully saturated rings. The Bertz CT molecular complexity index is 740. The molecule has 0 bridgehead atoms. The summed E-state index contributed by atoms with van der Waals surface area (Å²) in [5, 5.41) is 2.95. The van der Waals surface area contributed by atoms with E-state index in [0.717, 1.165) is 24.1 Å². The third-order valence-corrected chi connectivity index (χ3v) is 4.66. The highest BCUT2D eigenvalue weighted by Gasteiger charge is 2.12. The average Bonchev–Trinajstić information content (AvgIpc) is 2.94. The lowest BCUT2D eigenvalue weighted by Crippen LogP contribution is -2.12. The summed E-state index contributed by atoms with van der Waals surface area (Å²) in [6.07, 6.45) is 5.09. The van der Waals surface area contributed by atoms with Gasteiger partial charge in [0.2, 0.25) is 0 Å². The molecular formula is C18H19NO2S. The number of rotatable bonds is 4. The summed E-state index contributed by atoms with van der Waals surface area (Å²) in [6, 6.07) is 13.5. The van der Waals surface area contributed by atoms with Gasteiger partial charge in [-0.2, -0.15) is 0 Å². The van der Waals surface area contributed by atoms with E-state index < -0.39 is 10.8 Å². The predicted octanol–water partition coefficient (Wildman–Crippen LogP) is 3.31. The molecule has 0 aliphatic heterocycles.